The number of aromatic nitrogens is 2. The van der Waals surface area contributed by atoms with Gasteiger partial charge in [0, 0.05) is 19.0 Å². The number of hydrogen-bond acceptors (Lipinski definition) is 7. The molecule has 2 aromatic carbocycles. The number of Topliss-reactive ketones (excluding diaryl/α,β-unsaturated/α-hetero) is 2. The first-order valence-electron chi connectivity index (χ1n) is 11.0. The van der Waals surface area contributed by atoms with E-state index in [4.69, 9.17) is 10.5 Å². The van der Waals surface area contributed by atoms with Gasteiger partial charge in [0.15, 0.2) is 12.4 Å². The molecule has 0 fully saturated rings. The number of ketones is 2. The number of carbonyl (C=O) groups excluding carboxylic acids is 3. The molecule has 0 unspecified atom stereocenters. The van der Waals surface area contributed by atoms with Crippen LogP contribution in [0.25, 0.3) is 0 Å². The molecular weight excluding hydrogens is 450 g/mol. The molecule has 0 aliphatic rings. The maximum Gasteiger partial charge on any atom is 0.332 e. The topological polar surface area (TPSA) is 130 Å². The number of anilines is 1. The van der Waals surface area contributed by atoms with Crippen LogP contribution in [-0.4, -0.2) is 33.3 Å². The van der Waals surface area contributed by atoms with E-state index in [0.29, 0.717) is 5.56 Å². The van der Waals surface area contributed by atoms with Crippen LogP contribution in [0.3, 0.4) is 0 Å². The average molecular weight is 478 g/mol. The highest BCUT2D eigenvalue weighted by Gasteiger charge is 2.23. The summed E-state index contributed by atoms with van der Waals surface area (Å²) >= 11 is 0. The fourth-order valence-electron chi connectivity index (χ4n) is 3.64. The summed E-state index contributed by atoms with van der Waals surface area (Å²) in [7, 11) is 1.24. The number of nitrogens with two attached hydrogens (primary N) is 1. The van der Waals surface area contributed by atoms with Crippen LogP contribution in [0.15, 0.2) is 58.1 Å². The lowest BCUT2D eigenvalue weighted by atomic mass is 9.99. The molecule has 0 aliphatic heterocycles. The first kappa shape index (κ1) is 25.4. The van der Waals surface area contributed by atoms with Crippen molar-refractivity contribution in [3.8, 4) is 0 Å². The van der Waals surface area contributed by atoms with E-state index in [-0.39, 0.29) is 31.0 Å². The van der Waals surface area contributed by atoms with E-state index in [1.165, 1.54) is 7.05 Å². The van der Waals surface area contributed by atoms with E-state index in [1.54, 1.807) is 30.3 Å². The molecule has 3 rings (SSSR count). The number of carbonyl (C=O) groups is 3. The number of rotatable bonds is 9. The van der Waals surface area contributed by atoms with E-state index in [1.807, 2.05) is 32.0 Å². The smallest absolute Gasteiger partial charge is 0.332 e. The van der Waals surface area contributed by atoms with Gasteiger partial charge in [-0.25, -0.2) is 4.79 Å². The van der Waals surface area contributed by atoms with Gasteiger partial charge in [-0.15, -0.1) is 0 Å². The van der Waals surface area contributed by atoms with E-state index in [0.717, 1.165) is 25.8 Å². The van der Waals surface area contributed by atoms with Gasteiger partial charge in [-0.2, -0.15) is 0 Å². The van der Waals surface area contributed by atoms with Crippen LogP contribution in [0.4, 0.5) is 5.82 Å². The standard InChI is InChI=1S/C26H27N3O6/c1-16-9-10-17(2)19(13-16)20(30)11-12-22(32)35-15-21(31)23-24(27)29(26(34)28(3)25(23)33)14-18-7-5-4-6-8-18/h4-10,13H,11-12,14-15,27H2,1-3H3. The molecule has 182 valence electrons. The highest BCUT2D eigenvalue weighted by atomic mass is 16.5. The minimum Gasteiger partial charge on any atom is -0.457 e. The van der Waals surface area contributed by atoms with Gasteiger partial charge in [-0.1, -0.05) is 48.0 Å². The normalized spacial score (nSPS) is 10.7. The largest absolute Gasteiger partial charge is 0.457 e. The second-order valence-electron chi connectivity index (χ2n) is 8.30. The van der Waals surface area contributed by atoms with Gasteiger partial charge in [-0.3, -0.25) is 28.3 Å². The van der Waals surface area contributed by atoms with Gasteiger partial charge in [0.05, 0.1) is 13.0 Å². The zero-order valence-electron chi connectivity index (χ0n) is 19.9. The lowest BCUT2D eigenvalue weighted by molar-refractivity contribution is -0.142. The zero-order chi connectivity index (χ0) is 25.7. The van der Waals surface area contributed by atoms with E-state index in [9.17, 15) is 24.0 Å². The van der Waals surface area contributed by atoms with Gasteiger partial charge < -0.3 is 10.5 Å². The molecule has 0 spiro atoms. The van der Waals surface area contributed by atoms with Crippen LogP contribution in [0, 0.1) is 13.8 Å². The fraction of sp³-hybridized carbons (Fsp3) is 0.269. The summed E-state index contributed by atoms with van der Waals surface area (Å²) in [6.45, 7) is 3.00. The zero-order valence-corrected chi connectivity index (χ0v) is 19.9. The summed E-state index contributed by atoms with van der Waals surface area (Å²) in [4.78, 5) is 62.6. The summed E-state index contributed by atoms with van der Waals surface area (Å²) in [5, 5.41) is 0. The fourth-order valence-corrected chi connectivity index (χ4v) is 3.64. The molecule has 0 atom stereocenters. The van der Waals surface area contributed by atoms with Gasteiger partial charge >= 0.3 is 11.7 Å². The van der Waals surface area contributed by atoms with Gasteiger partial charge in [-0.05, 0) is 31.0 Å². The lowest BCUT2D eigenvalue weighted by Gasteiger charge is -2.14. The van der Waals surface area contributed by atoms with Crippen molar-refractivity contribution >= 4 is 23.4 Å². The van der Waals surface area contributed by atoms with Crippen molar-refractivity contribution in [1.29, 1.82) is 0 Å². The SMILES string of the molecule is Cc1ccc(C)c(C(=O)CCC(=O)OCC(=O)c2c(N)n(Cc3ccccc3)c(=O)n(C)c2=O)c1. The molecule has 0 bridgehead atoms. The van der Waals surface area contributed by atoms with E-state index >= 15 is 0 Å². The number of aryl methyl sites for hydroxylation is 2. The van der Waals surface area contributed by atoms with E-state index in [2.05, 4.69) is 0 Å². The highest BCUT2D eigenvalue weighted by Crippen LogP contribution is 2.14. The van der Waals surface area contributed by atoms with Crippen LogP contribution in [0.5, 0.6) is 0 Å². The number of benzene rings is 2. The maximum absolute atomic E-state index is 12.7. The Balaban J connectivity index is 1.70. The van der Waals surface area contributed by atoms with Gasteiger partial charge in [0.1, 0.15) is 11.4 Å². The molecule has 0 aliphatic carbocycles. The monoisotopic (exact) mass is 477 g/mol. The van der Waals surface area contributed by atoms with Crippen molar-refractivity contribution in [2.75, 3.05) is 12.3 Å². The molecule has 0 saturated carbocycles. The van der Waals surface area contributed by atoms with Crippen molar-refractivity contribution in [3.63, 3.8) is 0 Å². The Morgan fingerprint density at radius 2 is 1.63 bits per heavy atom. The molecule has 2 N–H and O–H groups in total. The number of ether oxygens (including phenoxy) is 1. The summed E-state index contributed by atoms with van der Waals surface area (Å²) in [5.41, 5.74) is 7.09. The molecule has 0 amide bonds. The minimum absolute atomic E-state index is 0.0557. The van der Waals surface area contributed by atoms with Crippen molar-refractivity contribution in [2.24, 2.45) is 7.05 Å². The lowest BCUT2D eigenvalue weighted by Crippen LogP contribution is -2.43. The van der Waals surface area contributed by atoms with Crippen molar-refractivity contribution < 1.29 is 19.1 Å². The summed E-state index contributed by atoms with van der Waals surface area (Å²) in [5.74, 6) is -2.10. The quantitative estimate of drug-likeness (QED) is 0.369. The van der Waals surface area contributed by atoms with Crippen molar-refractivity contribution in [1.82, 2.24) is 9.13 Å². The minimum atomic E-state index is -0.872. The molecule has 1 aromatic heterocycles. The molecular formula is C26H27N3O6. The predicted molar refractivity (Wildman–Crippen MR) is 131 cm³/mol. The summed E-state index contributed by atoms with van der Waals surface area (Å²) < 4.78 is 6.91. The van der Waals surface area contributed by atoms with Crippen LogP contribution in [0.1, 0.15) is 50.2 Å². The van der Waals surface area contributed by atoms with Crippen LogP contribution in [0.2, 0.25) is 0 Å². The van der Waals surface area contributed by atoms with Gasteiger partial charge in [0.25, 0.3) is 5.56 Å². The predicted octanol–water partition coefficient (Wildman–Crippen LogP) is 2.18. The summed E-state index contributed by atoms with van der Waals surface area (Å²) in [6, 6.07) is 14.4. The average Bonchev–Trinajstić information content (AvgIpc) is 2.84. The summed E-state index contributed by atoms with van der Waals surface area (Å²) in [6.07, 6.45) is -0.302. The second-order valence-corrected chi connectivity index (χ2v) is 8.30. The Bertz CT molecular complexity index is 1400. The van der Waals surface area contributed by atoms with Crippen molar-refractivity contribution in [2.45, 2.75) is 33.2 Å². The third-order valence-corrected chi connectivity index (χ3v) is 5.66. The second kappa shape index (κ2) is 10.8. The Hall–Kier alpha value is -4.27. The Morgan fingerprint density at radius 1 is 0.943 bits per heavy atom. The van der Waals surface area contributed by atoms with Crippen LogP contribution >= 0.6 is 0 Å². The third-order valence-electron chi connectivity index (χ3n) is 5.66. The van der Waals surface area contributed by atoms with Gasteiger partial charge in [0.2, 0.25) is 5.78 Å². The third kappa shape index (κ3) is 5.81. The van der Waals surface area contributed by atoms with Crippen molar-refractivity contribution in [3.05, 3.63) is 97.2 Å². The Labute approximate surface area is 201 Å². The molecule has 35 heavy (non-hydrogen) atoms. The number of nitrogen functional groups attached to an aromatic ring is 1. The van der Waals surface area contributed by atoms with E-state index < -0.39 is 35.2 Å². The molecule has 9 nitrogen and oxygen atoms in total. The molecule has 0 radical (unpaired) electrons. The maximum atomic E-state index is 12.7. The number of nitrogens with zero attached hydrogens (tertiary/aromatic N) is 2. The van der Waals surface area contributed by atoms with Crippen LogP contribution in [-0.2, 0) is 23.1 Å². The first-order valence-corrected chi connectivity index (χ1v) is 11.0. The molecule has 9 heteroatoms. The van der Waals surface area contributed by atoms with Crippen LogP contribution < -0.4 is 17.0 Å². The Kier molecular flexibility index (Phi) is 7.80. The Morgan fingerprint density at radius 3 is 2.31 bits per heavy atom. The number of hydrogen-bond donors (Lipinski definition) is 1. The molecule has 0 saturated heterocycles. The molecule has 3 aromatic rings. The molecule has 1 heterocycles. The highest BCUT2D eigenvalue weighted by molar-refractivity contribution is 6.02. The number of esters is 1. The first-order chi connectivity index (χ1) is 16.6.